The molecule has 3 rings (SSSR count). The monoisotopic (exact) mass is 391 g/mol. The first-order valence-corrected chi connectivity index (χ1v) is 11.8. The molecular formula is C27H37NO. The molecule has 0 unspecified atom stereocenters. The summed E-state index contributed by atoms with van der Waals surface area (Å²) in [6, 6.07) is 14.7. The summed E-state index contributed by atoms with van der Waals surface area (Å²) in [5.41, 5.74) is 3.29. The Morgan fingerprint density at radius 2 is 1.28 bits per heavy atom. The molecule has 2 nitrogen and oxygen atoms in total. The lowest BCUT2D eigenvalue weighted by Crippen LogP contribution is -1.97. The van der Waals surface area contributed by atoms with Crippen molar-refractivity contribution in [1.29, 1.82) is 0 Å². The van der Waals surface area contributed by atoms with E-state index in [1.165, 1.54) is 98.9 Å². The minimum atomic E-state index is 0.755. The Hall–Kier alpha value is -2.09. The van der Waals surface area contributed by atoms with Crippen LogP contribution in [-0.2, 0) is 6.54 Å². The van der Waals surface area contributed by atoms with Gasteiger partial charge in [-0.05, 0) is 30.7 Å². The number of hydrogen-bond donors (Lipinski definition) is 0. The van der Waals surface area contributed by atoms with Gasteiger partial charge in [-0.2, -0.15) is 0 Å². The maximum atomic E-state index is 11.2. The maximum Gasteiger partial charge on any atom is 0.150 e. The number of rotatable bonds is 14. The Kier molecular flexibility index (Phi) is 8.80. The average Bonchev–Trinajstić information content (AvgIpc) is 3.07. The number of para-hydroxylation sites is 1. The fourth-order valence-electron chi connectivity index (χ4n) is 4.50. The number of aldehydes is 1. The van der Waals surface area contributed by atoms with Crippen molar-refractivity contribution in [3.8, 4) is 0 Å². The lowest BCUT2D eigenvalue weighted by Gasteiger charge is -2.08. The zero-order valence-electron chi connectivity index (χ0n) is 18.2. The molecule has 156 valence electrons. The predicted octanol–water partition coefficient (Wildman–Crippen LogP) is 8.31. The Bertz CT molecular complexity index is 892. The van der Waals surface area contributed by atoms with Crippen LogP contribution in [0.4, 0.5) is 0 Å². The summed E-state index contributed by atoms with van der Waals surface area (Å²) in [7, 11) is 0. The number of aryl methyl sites for hydroxylation is 1. The van der Waals surface area contributed by atoms with Crippen LogP contribution in [0.25, 0.3) is 21.8 Å². The standard InChI is InChI=1S/C27H37NO/c1-2-3-4-5-6-7-8-9-10-11-12-15-20-28-26-17-14-13-16-24(26)25-21-23(22-29)18-19-27(25)28/h13-14,16-19,21-22H,2-12,15,20H2,1H3. The summed E-state index contributed by atoms with van der Waals surface area (Å²) in [4.78, 5) is 11.2. The summed E-state index contributed by atoms with van der Waals surface area (Å²) >= 11 is 0. The van der Waals surface area contributed by atoms with Gasteiger partial charge in [0.25, 0.3) is 0 Å². The Morgan fingerprint density at radius 3 is 1.93 bits per heavy atom. The van der Waals surface area contributed by atoms with E-state index in [4.69, 9.17) is 0 Å². The molecule has 0 fully saturated rings. The summed E-state index contributed by atoms with van der Waals surface area (Å²) in [5, 5.41) is 2.45. The highest BCUT2D eigenvalue weighted by Gasteiger charge is 2.10. The number of aromatic nitrogens is 1. The van der Waals surface area contributed by atoms with Crippen LogP contribution in [0.15, 0.2) is 42.5 Å². The molecule has 3 aromatic rings. The largest absolute Gasteiger partial charge is 0.340 e. The van der Waals surface area contributed by atoms with Gasteiger partial charge in [-0.15, -0.1) is 0 Å². The minimum Gasteiger partial charge on any atom is -0.340 e. The van der Waals surface area contributed by atoms with Crippen molar-refractivity contribution in [2.24, 2.45) is 0 Å². The molecule has 0 radical (unpaired) electrons. The smallest absolute Gasteiger partial charge is 0.150 e. The number of unbranched alkanes of at least 4 members (excludes halogenated alkanes) is 11. The fourth-order valence-corrected chi connectivity index (χ4v) is 4.50. The SMILES string of the molecule is CCCCCCCCCCCCCCn1c2ccccc2c2cc(C=O)ccc21. The topological polar surface area (TPSA) is 22.0 Å². The predicted molar refractivity (Wildman–Crippen MR) is 126 cm³/mol. The summed E-state index contributed by atoms with van der Waals surface area (Å²) in [5.74, 6) is 0. The van der Waals surface area contributed by atoms with E-state index in [0.717, 1.165) is 18.4 Å². The van der Waals surface area contributed by atoms with E-state index < -0.39 is 0 Å². The second-order valence-corrected chi connectivity index (χ2v) is 8.45. The van der Waals surface area contributed by atoms with E-state index in [-0.39, 0.29) is 0 Å². The Morgan fingerprint density at radius 1 is 0.690 bits per heavy atom. The van der Waals surface area contributed by atoms with Gasteiger partial charge in [0.2, 0.25) is 0 Å². The van der Waals surface area contributed by atoms with Crippen molar-refractivity contribution in [2.45, 2.75) is 90.5 Å². The second kappa shape index (κ2) is 11.8. The van der Waals surface area contributed by atoms with Crippen LogP contribution in [0.3, 0.4) is 0 Å². The third kappa shape index (κ3) is 5.95. The number of fused-ring (bicyclic) bond motifs is 3. The van der Waals surface area contributed by atoms with Crippen LogP contribution in [0.1, 0.15) is 94.3 Å². The maximum absolute atomic E-state index is 11.2. The molecule has 0 N–H and O–H groups in total. The van der Waals surface area contributed by atoms with E-state index in [0.29, 0.717) is 0 Å². The molecule has 0 aliphatic heterocycles. The first-order chi connectivity index (χ1) is 14.3. The molecule has 0 atom stereocenters. The van der Waals surface area contributed by atoms with Gasteiger partial charge >= 0.3 is 0 Å². The molecule has 0 bridgehead atoms. The van der Waals surface area contributed by atoms with E-state index in [9.17, 15) is 4.79 Å². The molecule has 29 heavy (non-hydrogen) atoms. The fraction of sp³-hybridized carbons (Fsp3) is 0.519. The van der Waals surface area contributed by atoms with E-state index in [1.807, 2.05) is 12.1 Å². The van der Waals surface area contributed by atoms with E-state index in [1.54, 1.807) is 0 Å². The van der Waals surface area contributed by atoms with Gasteiger partial charge in [-0.1, -0.05) is 95.8 Å². The zero-order valence-corrected chi connectivity index (χ0v) is 18.2. The van der Waals surface area contributed by atoms with Gasteiger partial charge in [0.05, 0.1) is 0 Å². The van der Waals surface area contributed by atoms with Crippen molar-refractivity contribution < 1.29 is 4.79 Å². The highest BCUT2D eigenvalue weighted by molar-refractivity contribution is 6.09. The molecule has 0 aliphatic rings. The van der Waals surface area contributed by atoms with Crippen LogP contribution in [-0.4, -0.2) is 10.9 Å². The van der Waals surface area contributed by atoms with Crippen LogP contribution < -0.4 is 0 Å². The number of hydrogen-bond acceptors (Lipinski definition) is 1. The first-order valence-electron chi connectivity index (χ1n) is 11.8. The number of carbonyl (C=O) groups is 1. The second-order valence-electron chi connectivity index (χ2n) is 8.45. The van der Waals surface area contributed by atoms with Crippen LogP contribution in [0.5, 0.6) is 0 Å². The average molecular weight is 392 g/mol. The number of carbonyl (C=O) groups excluding carboxylic acids is 1. The Labute approximate surface area is 176 Å². The number of benzene rings is 2. The van der Waals surface area contributed by atoms with Crippen molar-refractivity contribution in [3.05, 3.63) is 48.0 Å². The third-order valence-electron chi connectivity index (χ3n) is 6.17. The highest BCUT2D eigenvalue weighted by atomic mass is 16.1. The van der Waals surface area contributed by atoms with Gasteiger partial charge in [0.1, 0.15) is 6.29 Å². The van der Waals surface area contributed by atoms with Crippen molar-refractivity contribution >= 4 is 28.1 Å². The van der Waals surface area contributed by atoms with Gasteiger partial charge in [0.15, 0.2) is 0 Å². The van der Waals surface area contributed by atoms with Crippen LogP contribution in [0.2, 0.25) is 0 Å². The Balaban J connectivity index is 1.43. The summed E-state index contributed by atoms with van der Waals surface area (Å²) < 4.78 is 2.44. The summed E-state index contributed by atoms with van der Waals surface area (Å²) in [6.45, 7) is 3.34. The molecule has 0 saturated carbocycles. The molecular weight excluding hydrogens is 354 g/mol. The number of nitrogens with zero attached hydrogens (tertiary/aromatic N) is 1. The van der Waals surface area contributed by atoms with Crippen molar-refractivity contribution in [3.63, 3.8) is 0 Å². The van der Waals surface area contributed by atoms with Crippen LogP contribution in [0, 0.1) is 0 Å². The first kappa shape index (κ1) is 21.6. The quantitative estimate of drug-likeness (QED) is 0.200. The van der Waals surface area contributed by atoms with Gasteiger partial charge in [-0.25, -0.2) is 0 Å². The van der Waals surface area contributed by atoms with Gasteiger partial charge in [0, 0.05) is 33.9 Å². The molecule has 1 heterocycles. The minimum absolute atomic E-state index is 0.755. The third-order valence-corrected chi connectivity index (χ3v) is 6.17. The molecule has 0 amide bonds. The molecule has 0 aliphatic carbocycles. The molecule has 2 heteroatoms. The summed E-state index contributed by atoms with van der Waals surface area (Å²) in [6.07, 6.45) is 17.5. The zero-order chi connectivity index (χ0) is 20.3. The lowest BCUT2D eigenvalue weighted by molar-refractivity contribution is 0.112. The van der Waals surface area contributed by atoms with E-state index in [2.05, 4.69) is 41.8 Å². The van der Waals surface area contributed by atoms with E-state index >= 15 is 0 Å². The molecule has 0 spiro atoms. The van der Waals surface area contributed by atoms with Gasteiger partial charge < -0.3 is 4.57 Å². The molecule has 1 aromatic heterocycles. The van der Waals surface area contributed by atoms with Crippen molar-refractivity contribution in [1.82, 2.24) is 4.57 Å². The van der Waals surface area contributed by atoms with Crippen LogP contribution >= 0.6 is 0 Å². The highest BCUT2D eigenvalue weighted by Crippen LogP contribution is 2.30. The molecule has 2 aromatic carbocycles. The molecule has 0 saturated heterocycles. The van der Waals surface area contributed by atoms with Crippen molar-refractivity contribution in [2.75, 3.05) is 0 Å². The normalized spacial score (nSPS) is 11.5. The van der Waals surface area contributed by atoms with Gasteiger partial charge in [-0.3, -0.25) is 4.79 Å². The lowest BCUT2D eigenvalue weighted by atomic mass is 10.1.